The number of amides is 2. The van der Waals surface area contributed by atoms with Crippen LogP contribution in [0.5, 0.6) is 5.75 Å². The lowest BCUT2D eigenvalue weighted by Crippen LogP contribution is -2.47. The highest BCUT2D eigenvalue weighted by Crippen LogP contribution is 2.35. The molecule has 2 aromatic carbocycles. The minimum absolute atomic E-state index is 0.323. The monoisotopic (exact) mass is 423 g/mol. The predicted molar refractivity (Wildman–Crippen MR) is 117 cm³/mol. The molecule has 1 saturated heterocycles. The van der Waals surface area contributed by atoms with Gasteiger partial charge in [-0.2, -0.15) is 0 Å². The maximum atomic E-state index is 13.5. The minimum atomic E-state index is -0.395. The average Bonchev–Trinajstić information content (AvgIpc) is 3.05. The summed E-state index contributed by atoms with van der Waals surface area (Å²) < 4.78 is 19.0. The third-order valence-electron chi connectivity index (χ3n) is 5.73. The molecule has 31 heavy (non-hydrogen) atoms. The number of hydrogen-bond donors (Lipinski definition) is 0. The number of imide groups is 1. The van der Waals surface area contributed by atoms with Gasteiger partial charge in [-0.05, 0) is 55.4 Å². The van der Waals surface area contributed by atoms with Gasteiger partial charge in [0, 0.05) is 26.2 Å². The van der Waals surface area contributed by atoms with Gasteiger partial charge in [0.15, 0.2) is 0 Å². The Bertz CT molecular complexity index is 994. The van der Waals surface area contributed by atoms with Crippen LogP contribution in [0.15, 0.2) is 54.2 Å². The number of halogens is 1. The fraction of sp³-hybridized carbons (Fsp3) is 0.333. The molecule has 2 amide bonds. The molecule has 0 atom stereocenters. The van der Waals surface area contributed by atoms with E-state index in [9.17, 15) is 14.0 Å². The van der Waals surface area contributed by atoms with Crippen molar-refractivity contribution < 1.29 is 18.7 Å². The second kappa shape index (κ2) is 8.89. The largest absolute Gasteiger partial charge is 0.494 e. The molecule has 2 aliphatic rings. The van der Waals surface area contributed by atoms with E-state index >= 15 is 0 Å². The summed E-state index contributed by atoms with van der Waals surface area (Å²) >= 11 is 0. The molecule has 1 fully saturated rings. The van der Waals surface area contributed by atoms with Crippen LogP contribution in [0.3, 0.4) is 0 Å². The van der Waals surface area contributed by atoms with Crippen LogP contribution in [-0.2, 0) is 9.59 Å². The molecule has 6 nitrogen and oxygen atoms in total. The second-order valence-electron chi connectivity index (χ2n) is 7.52. The van der Waals surface area contributed by atoms with Gasteiger partial charge in [-0.1, -0.05) is 19.1 Å². The van der Waals surface area contributed by atoms with E-state index in [1.165, 1.54) is 17.0 Å². The number of carbonyl (C=O) groups excluding carboxylic acids is 2. The summed E-state index contributed by atoms with van der Waals surface area (Å²) in [5.41, 5.74) is 1.74. The summed E-state index contributed by atoms with van der Waals surface area (Å²) in [6.07, 6.45) is 0. The van der Waals surface area contributed by atoms with Crippen molar-refractivity contribution in [2.45, 2.75) is 13.8 Å². The molecule has 0 saturated carbocycles. The summed E-state index contributed by atoms with van der Waals surface area (Å²) in [4.78, 5) is 32.5. The Morgan fingerprint density at radius 2 is 1.52 bits per heavy atom. The number of benzene rings is 2. The molecule has 2 aromatic rings. The third kappa shape index (κ3) is 4.05. The van der Waals surface area contributed by atoms with Crippen molar-refractivity contribution in [2.75, 3.05) is 44.2 Å². The number of nitrogens with zero attached hydrogens (tertiary/aromatic N) is 3. The number of anilines is 1. The van der Waals surface area contributed by atoms with Crippen LogP contribution in [0, 0.1) is 5.82 Å². The highest BCUT2D eigenvalue weighted by molar-refractivity contribution is 6.45. The lowest BCUT2D eigenvalue weighted by molar-refractivity contribution is -0.120. The van der Waals surface area contributed by atoms with Gasteiger partial charge in [0.05, 0.1) is 17.9 Å². The molecule has 0 N–H and O–H groups in total. The zero-order valence-electron chi connectivity index (χ0n) is 17.8. The molecular formula is C24H26FN3O3. The van der Waals surface area contributed by atoms with Crippen LogP contribution in [0.25, 0.3) is 5.57 Å². The zero-order chi connectivity index (χ0) is 22.0. The molecule has 0 aliphatic carbocycles. The standard InChI is InChI=1S/C24H26FN3O3/c1-3-26-13-15-27(16-14-26)22-21(17-5-7-18(25)8-6-17)23(29)28(24(22)30)19-9-11-20(12-10-19)31-4-2/h5-12H,3-4,13-16H2,1-2H3. The second-order valence-corrected chi connectivity index (χ2v) is 7.52. The Morgan fingerprint density at radius 1 is 0.871 bits per heavy atom. The van der Waals surface area contributed by atoms with Gasteiger partial charge in [-0.25, -0.2) is 9.29 Å². The zero-order valence-corrected chi connectivity index (χ0v) is 17.8. The predicted octanol–water partition coefficient (Wildman–Crippen LogP) is 3.15. The van der Waals surface area contributed by atoms with Crippen LogP contribution in [0.4, 0.5) is 10.1 Å². The summed E-state index contributed by atoms with van der Waals surface area (Å²) in [5.74, 6) is -0.456. The average molecular weight is 423 g/mol. The van der Waals surface area contributed by atoms with Crippen molar-refractivity contribution >= 4 is 23.1 Å². The van der Waals surface area contributed by atoms with Crippen LogP contribution >= 0.6 is 0 Å². The van der Waals surface area contributed by atoms with Crippen molar-refractivity contribution in [2.24, 2.45) is 0 Å². The van der Waals surface area contributed by atoms with E-state index in [2.05, 4.69) is 11.8 Å². The van der Waals surface area contributed by atoms with Crippen LogP contribution in [-0.4, -0.2) is 60.9 Å². The molecule has 7 heteroatoms. The van der Waals surface area contributed by atoms with Crippen molar-refractivity contribution in [3.63, 3.8) is 0 Å². The first-order valence-electron chi connectivity index (χ1n) is 10.6. The molecule has 2 aliphatic heterocycles. The smallest absolute Gasteiger partial charge is 0.282 e. The molecule has 0 bridgehead atoms. The maximum Gasteiger partial charge on any atom is 0.282 e. The fourth-order valence-corrected chi connectivity index (χ4v) is 4.07. The number of likely N-dealkylation sites (N-methyl/N-ethyl adjacent to an activating group) is 1. The molecule has 2 heterocycles. The number of piperazine rings is 1. The normalized spacial score (nSPS) is 17.6. The summed E-state index contributed by atoms with van der Waals surface area (Å²) in [5, 5.41) is 0. The third-order valence-corrected chi connectivity index (χ3v) is 5.73. The molecule has 0 radical (unpaired) electrons. The Morgan fingerprint density at radius 3 is 2.10 bits per heavy atom. The van der Waals surface area contributed by atoms with Gasteiger partial charge in [0.1, 0.15) is 17.3 Å². The highest BCUT2D eigenvalue weighted by atomic mass is 19.1. The Kier molecular flexibility index (Phi) is 6.04. The molecule has 0 aromatic heterocycles. The van der Waals surface area contributed by atoms with Gasteiger partial charge in [-0.3, -0.25) is 9.59 Å². The number of carbonyl (C=O) groups is 2. The number of ether oxygens (including phenoxy) is 1. The van der Waals surface area contributed by atoms with Gasteiger partial charge in [0.2, 0.25) is 0 Å². The van der Waals surface area contributed by atoms with E-state index in [0.717, 1.165) is 19.6 Å². The van der Waals surface area contributed by atoms with E-state index < -0.39 is 5.91 Å². The van der Waals surface area contributed by atoms with Crippen LogP contribution in [0.1, 0.15) is 19.4 Å². The topological polar surface area (TPSA) is 53.1 Å². The van der Waals surface area contributed by atoms with Crippen LogP contribution in [0.2, 0.25) is 0 Å². The molecule has 4 rings (SSSR count). The van der Waals surface area contributed by atoms with Gasteiger partial charge < -0.3 is 14.5 Å². The first-order chi connectivity index (χ1) is 15.0. The van der Waals surface area contributed by atoms with Crippen molar-refractivity contribution in [3.8, 4) is 5.75 Å². The minimum Gasteiger partial charge on any atom is -0.494 e. The summed E-state index contributed by atoms with van der Waals surface area (Å²) in [7, 11) is 0. The van der Waals surface area contributed by atoms with Crippen molar-refractivity contribution in [1.82, 2.24) is 9.80 Å². The van der Waals surface area contributed by atoms with E-state index in [1.54, 1.807) is 36.4 Å². The summed E-state index contributed by atoms with van der Waals surface area (Å²) in [6, 6.07) is 12.6. The fourth-order valence-electron chi connectivity index (χ4n) is 4.07. The van der Waals surface area contributed by atoms with Gasteiger partial charge in [-0.15, -0.1) is 0 Å². The van der Waals surface area contributed by atoms with E-state index in [-0.39, 0.29) is 11.7 Å². The Hall–Kier alpha value is -3.19. The SMILES string of the molecule is CCOc1ccc(N2C(=O)C(c3ccc(F)cc3)=C(N3CCN(CC)CC3)C2=O)cc1. The lowest BCUT2D eigenvalue weighted by Gasteiger charge is -2.36. The van der Waals surface area contributed by atoms with Gasteiger partial charge >= 0.3 is 0 Å². The molecule has 162 valence electrons. The summed E-state index contributed by atoms with van der Waals surface area (Å²) in [6.45, 7) is 8.44. The van der Waals surface area contributed by atoms with E-state index in [1.807, 2.05) is 11.8 Å². The molecule has 0 unspecified atom stereocenters. The quantitative estimate of drug-likeness (QED) is 0.669. The van der Waals surface area contributed by atoms with E-state index in [4.69, 9.17) is 4.74 Å². The Labute approximate surface area is 181 Å². The van der Waals surface area contributed by atoms with Crippen molar-refractivity contribution in [3.05, 3.63) is 65.6 Å². The first kappa shape index (κ1) is 21.1. The van der Waals surface area contributed by atoms with Crippen molar-refractivity contribution in [1.29, 1.82) is 0 Å². The first-order valence-corrected chi connectivity index (χ1v) is 10.6. The highest BCUT2D eigenvalue weighted by Gasteiger charge is 2.43. The Balaban J connectivity index is 1.72. The van der Waals surface area contributed by atoms with E-state index in [0.29, 0.717) is 48.0 Å². The number of rotatable bonds is 6. The van der Waals surface area contributed by atoms with Gasteiger partial charge in [0.25, 0.3) is 11.8 Å². The molecular weight excluding hydrogens is 397 g/mol. The van der Waals surface area contributed by atoms with Crippen LogP contribution < -0.4 is 9.64 Å². The maximum absolute atomic E-state index is 13.5. The molecule has 0 spiro atoms. The lowest BCUT2D eigenvalue weighted by atomic mass is 10.0. The number of hydrogen-bond acceptors (Lipinski definition) is 5.